The number of benzene rings is 1. The second-order valence-corrected chi connectivity index (χ2v) is 4.74. The third-order valence-electron chi connectivity index (χ3n) is 3.33. The Bertz CT molecular complexity index is 681. The highest BCUT2D eigenvalue weighted by atomic mass is 16.5. The van der Waals surface area contributed by atoms with Crippen LogP contribution in [0.2, 0.25) is 0 Å². The van der Waals surface area contributed by atoms with Crippen molar-refractivity contribution in [2.24, 2.45) is 0 Å². The van der Waals surface area contributed by atoms with E-state index < -0.39 is 5.97 Å². The number of ether oxygens (including phenoxy) is 1. The molecule has 0 radical (unpaired) electrons. The molecule has 2 rings (SSSR count). The lowest BCUT2D eigenvalue weighted by atomic mass is 10.1. The average Bonchev–Trinajstić information content (AvgIpc) is 2.38. The van der Waals surface area contributed by atoms with Crippen LogP contribution < -0.4 is 4.74 Å². The van der Waals surface area contributed by atoms with Gasteiger partial charge in [0.1, 0.15) is 11.3 Å². The van der Waals surface area contributed by atoms with Crippen LogP contribution in [-0.2, 0) is 0 Å². The number of rotatable bonds is 3. The topological polar surface area (TPSA) is 72.3 Å². The van der Waals surface area contributed by atoms with E-state index in [1.807, 2.05) is 26.0 Å². The molecule has 5 nitrogen and oxygen atoms in total. The monoisotopic (exact) mass is 272 g/mol. The third kappa shape index (κ3) is 2.61. The highest BCUT2D eigenvalue weighted by Gasteiger charge is 2.19. The van der Waals surface area contributed by atoms with Gasteiger partial charge in [0.2, 0.25) is 0 Å². The van der Waals surface area contributed by atoms with Gasteiger partial charge in [-0.15, -0.1) is 5.10 Å². The molecule has 0 aliphatic rings. The summed E-state index contributed by atoms with van der Waals surface area (Å²) in [6.45, 7) is 7.37. The van der Waals surface area contributed by atoms with Crippen LogP contribution >= 0.6 is 0 Å². The predicted octanol–water partition coefficient (Wildman–Crippen LogP) is 3.20. The fraction of sp³-hybridized carbons (Fsp3) is 0.267. The first-order valence-electron chi connectivity index (χ1n) is 6.22. The van der Waals surface area contributed by atoms with Gasteiger partial charge in [0, 0.05) is 0 Å². The first-order valence-corrected chi connectivity index (χ1v) is 6.22. The van der Waals surface area contributed by atoms with Crippen LogP contribution in [0.25, 0.3) is 0 Å². The summed E-state index contributed by atoms with van der Waals surface area (Å²) < 4.78 is 5.59. The summed E-state index contributed by atoms with van der Waals surface area (Å²) in [5.41, 5.74) is 3.40. The largest absolute Gasteiger partial charge is 0.477 e. The van der Waals surface area contributed by atoms with E-state index >= 15 is 0 Å². The van der Waals surface area contributed by atoms with Crippen molar-refractivity contribution in [1.29, 1.82) is 0 Å². The molecule has 1 N–H and O–H groups in total. The number of carboxylic acids is 1. The molecular weight excluding hydrogens is 256 g/mol. The van der Waals surface area contributed by atoms with E-state index in [9.17, 15) is 9.90 Å². The van der Waals surface area contributed by atoms with Crippen molar-refractivity contribution >= 4 is 5.97 Å². The van der Waals surface area contributed by atoms with Crippen molar-refractivity contribution in [3.8, 4) is 11.6 Å². The number of aromatic nitrogens is 2. The van der Waals surface area contributed by atoms with E-state index in [0.717, 1.165) is 11.1 Å². The summed E-state index contributed by atoms with van der Waals surface area (Å²) in [5.74, 6) is -0.503. The van der Waals surface area contributed by atoms with Gasteiger partial charge in [0.15, 0.2) is 0 Å². The minimum Gasteiger partial charge on any atom is -0.477 e. The summed E-state index contributed by atoms with van der Waals surface area (Å²) in [4.78, 5) is 11.4. The summed E-state index contributed by atoms with van der Waals surface area (Å²) in [5, 5.41) is 17.1. The number of hydrogen-bond donors (Lipinski definition) is 1. The number of nitrogens with zero attached hydrogens (tertiary/aromatic N) is 2. The molecule has 0 aliphatic carbocycles. The zero-order valence-electron chi connectivity index (χ0n) is 11.9. The van der Waals surface area contributed by atoms with Crippen LogP contribution in [0.15, 0.2) is 18.2 Å². The lowest BCUT2D eigenvalue weighted by Gasteiger charge is -2.11. The fourth-order valence-electron chi connectivity index (χ4n) is 1.80. The van der Waals surface area contributed by atoms with Crippen molar-refractivity contribution < 1.29 is 14.6 Å². The van der Waals surface area contributed by atoms with Gasteiger partial charge in [0.05, 0.1) is 5.69 Å². The summed E-state index contributed by atoms with van der Waals surface area (Å²) in [6, 6.07) is 5.54. The number of carboxylic acid groups (broad SMARTS) is 1. The summed E-state index contributed by atoms with van der Waals surface area (Å²) >= 11 is 0. The second-order valence-electron chi connectivity index (χ2n) is 4.74. The van der Waals surface area contributed by atoms with Crippen LogP contribution in [0.5, 0.6) is 11.6 Å². The van der Waals surface area contributed by atoms with Gasteiger partial charge in [-0.2, -0.15) is 5.10 Å². The summed E-state index contributed by atoms with van der Waals surface area (Å²) in [6.07, 6.45) is 0. The van der Waals surface area contributed by atoms with Crippen LogP contribution in [-0.4, -0.2) is 21.3 Å². The van der Waals surface area contributed by atoms with Crippen LogP contribution in [0.4, 0.5) is 0 Å². The molecule has 1 aromatic carbocycles. The quantitative estimate of drug-likeness (QED) is 0.928. The van der Waals surface area contributed by atoms with Crippen LogP contribution in [0, 0.1) is 27.7 Å². The Labute approximate surface area is 117 Å². The molecule has 2 aromatic rings. The molecule has 0 bridgehead atoms. The second kappa shape index (κ2) is 5.28. The Hall–Kier alpha value is -2.43. The lowest BCUT2D eigenvalue weighted by Crippen LogP contribution is -2.08. The van der Waals surface area contributed by atoms with Gasteiger partial charge < -0.3 is 9.84 Å². The van der Waals surface area contributed by atoms with Gasteiger partial charge in [0.25, 0.3) is 5.88 Å². The molecule has 104 valence electrons. The van der Waals surface area contributed by atoms with Gasteiger partial charge in [-0.3, -0.25) is 0 Å². The molecule has 0 unspecified atom stereocenters. The third-order valence-corrected chi connectivity index (χ3v) is 3.33. The summed E-state index contributed by atoms with van der Waals surface area (Å²) in [7, 11) is 0. The van der Waals surface area contributed by atoms with Gasteiger partial charge in [-0.25, -0.2) is 4.79 Å². The molecule has 5 heteroatoms. The average molecular weight is 272 g/mol. The number of hydrogen-bond acceptors (Lipinski definition) is 4. The Balaban J connectivity index is 2.45. The molecule has 1 heterocycles. The number of aryl methyl sites for hydroxylation is 3. The maximum absolute atomic E-state index is 11.4. The van der Waals surface area contributed by atoms with E-state index in [2.05, 4.69) is 10.2 Å². The molecule has 0 saturated carbocycles. The Morgan fingerprint density at radius 2 is 1.80 bits per heavy atom. The first-order chi connectivity index (χ1) is 9.40. The lowest BCUT2D eigenvalue weighted by molar-refractivity contribution is 0.0692. The van der Waals surface area contributed by atoms with Gasteiger partial charge in [-0.1, -0.05) is 6.07 Å². The van der Waals surface area contributed by atoms with Crippen molar-refractivity contribution in [3.05, 3.63) is 46.1 Å². The predicted molar refractivity (Wildman–Crippen MR) is 74.5 cm³/mol. The molecule has 0 fully saturated rings. The molecule has 20 heavy (non-hydrogen) atoms. The van der Waals surface area contributed by atoms with Crippen molar-refractivity contribution in [1.82, 2.24) is 10.2 Å². The van der Waals surface area contributed by atoms with Crippen molar-refractivity contribution in [2.75, 3.05) is 0 Å². The maximum Gasteiger partial charge on any atom is 0.341 e. The van der Waals surface area contributed by atoms with E-state index in [-0.39, 0.29) is 11.4 Å². The molecule has 0 saturated heterocycles. The minimum atomic E-state index is -1.07. The molecule has 1 aromatic heterocycles. The smallest absolute Gasteiger partial charge is 0.341 e. The highest BCUT2D eigenvalue weighted by molar-refractivity contribution is 5.92. The molecule has 0 amide bonds. The van der Waals surface area contributed by atoms with Crippen molar-refractivity contribution in [3.63, 3.8) is 0 Å². The fourth-order valence-corrected chi connectivity index (χ4v) is 1.80. The first kappa shape index (κ1) is 14.0. The zero-order chi connectivity index (χ0) is 14.9. The van der Waals surface area contributed by atoms with Crippen LogP contribution in [0.3, 0.4) is 0 Å². The van der Waals surface area contributed by atoms with Gasteiger partial charge >= 0.3 is 5.97 Å². The number of carbonyl (C=O) groups is 1. The van der Waals surface area contributed by atoms with Crippen molar-refractivity contribution in [2.45, 2.75) is 27.7 Å². The van der Waals surface area contributed by atoms with E-state index in [0.29, 0.717) is 17.0 Å². The number of aromatic carboxylic acids is 1. The van der Waals surface area contributed by atoms with E-state index in [4.69, 9.17) is 4.74 Å². The van der Waals surface area contributed by atoms with Gasteiger partial charge in [-0.05, 0) is 56.5 Å². The van der Waals surface area contributed by atoms with E-state index in [1.54, 1.807) is 19.9 Å². The Kier molecular flexibility index (Phi) is 3.70. The molecular formula is C15H16N2O3. The molecule has 0 aliphatic heterocycles. The maximum atomic E-state index is 11.4. The molecule has 0 atom stereocenters. The zero-order valence-corrected chi connectivity index (χ0v) is 11.9. The highest BCUT2D eigenvalue weighted by Crippen LogP contribution is 2.27. The van der Waals surface area contributed by atoms with Crippen LogP contribution in [0.1, 0.15) is 32.7 Å². The van der Waals surface area contributed by atoms with E-state index in [1.165, 1.54) is 0 Å². The normalized spacial score (nSPS) is 10.4. The Morgan fingerprint density at radius 3 is 2.40 bits per heavy atom. The standard InChI is InChI=1S/C15H16N2O3/c1-8-5-6-12(7-9(8)2)20-14-13(15(18)19)10(3)11(4)16-17-14/h5-7H,1-4H3,(H,18,19). The molecule has 0 spiro atoms. The minimum absolute atomic E-state index is 0.0175. The SMILES string of the molecule is Cc1ccc(Oc2nnc(C)c(C)c2C(=O)O)cc1C. The Morgan fingerprint density at radius 1 is 1.10 bits per heavy atom.